The molecule has 0 unspecified atom stereocenters. The molecule has 28 heavy (non-hydrogen) atoms. The molecule has 0 spiro atoms. The number of hydrazone groups is 1. The fourth-order valence-electron chi connectivity index (χ4n) is 2.56. The summed E-state index contributed by atoms with van der Waals surface area (Å²) in [7, 11) is 0. The summed E-state index contributed by atoms with van der Waals surface area (Å²) in [6.07, 6.45) is 1.42. The predicted molar refractivity (Wildman–Crippen MR) is 111 cm³/mol. The molecule has 1 aromatic heterocycles. The molecule has 3 rings (SSSR count). The van der Waals surface area contributed by atoms with Gasteiger partial charge in [0.25, 0.3) is 5.91 Å². The third kappa shape index (κ3) is 5.15. The Bertz CT molecular complexity index is 1000. The zero-order valence-electron chi connectivity index (χ0n) is 15.3. The number of rotatable bonds is 6. The quantitative estimate of drug-likeness (QED) is 0.432. The number of ether oxygens (including phenoxy) is 1. The highest BCUT2D eigenvalue weighted by atomic mass is 35.5. The van der Waals surface area contributed by atoms with Gasteiger partial charge in [0.1, 0.15) is 17.3 Å². The van der Waals surface area contributed by atoms with Crippen molar-refractivity contribution in [3.8, 4) is 17.1 Å². The van der Waals surface area contributed by atoms with Crippen molar-refractivity contribution in [2.75, 3.05) is 6.61 Å². The molecule has 1 N–H and O–H groups in total. The number of furan rings is 1. The molecule has 0 saturated heterocycles. The van der Waals surface area contributed by atoms with E-state index in [9.17, 15) is 4.79 Å². The van der Waals surface area contributed by atoms with Crippen LogP contribution in [0.1, 0.15) is 16.9 Å². The second-order valence-electron chi connectivity index (χ2n) is 6.17. The van der Waals surface area contributed by atoms with Gasteiger partial charge in [0, 0.05) is 15.6 Å². The topological polar surface area (TPSA) is 63.8 Å². The molecule has 3 aromatic rings. The molecule has 0 atom stereocenters. The molecule has 0 bridgehead atoms. The normalized spacial score (nSPS) is 11.0. The fourth-order valence-corrected chi connectivity index (χ4v) is 2.86. The minimum absolute atomic E-state index is 0.163. The Hall–Kier alpha value is -2.76. The zero-order chi connectivity index (χ0) is 20.1. The summed E-state index contributed by atoms with van der Waals surface area (Å²) in [6.45, 7) is 3.60. The lowest BCUT2D eigenvalue weighted by Gasteiger charge is -2.09. The highest BCUT2D eigenvalue weighted by Crippen LogP contribution is 2.26. The predicted octanol–water partition coefficient (Wildman–Crippen LogP) is 5.40. The number of carbonyl (C=O) groups is 1. The second kappa shape index (κ2) is 8.95. The number of aryl methyl sites for hydroxylation is 2. The van der Waals surface area contributed by atoms with Gasteiger partial charge in [0.15, 0.2) is 6.61 Å². The minimum Gasteiger partial charge on any atom is -0.484 e. The van der Waals surface area contributed by atoms with E-state index < -0.39 is 0 Å². The van der Waals surface area contributed by atoms with E-state index in [-0.39, 0.29) is 12.5 Å². The first-order chi connectivity index (χ1) is 13.4. The van der Waals surface area contributed by atoms with Crippen LogP contribution in [0.3, 0.4) is 0 Å². The van der Waals surface area contributed by atoms with Crippen molar-refractivity contribution in [3.63, 3.8) is 0 Å². The molecule has 5 nitrogen and oxygen atoms in total. The summed E-state index contributed by atoms with van der Waals surface area (Å²) in [5.41, 5.74) is 5.04. The summed E-state index contributed by atoms with van der Waals surface area (Å²) in [6, 6.07) is 14.5. The average Bonchev–Trinajstić information content (AvgIpc) is 3.13. The van der Waals surface area contributed by atoms with Crippen LogP contribution in [0, 0.1) is 13.8 Å². The number of amides is 1. The molecular weight excluding hydrogens is 399 g/mol. The van der Waals surface area contributed by atoms with Crippen LogP contribution in [0.2, 0.25) is 10.0 Å². The smallest absolute Gasteiger partial charge is 0.277 e. The van der Waals surface area contributed by atoms with Gasteiger partial charge >= 0.3 is 0 Å². The Morgan fingerprint density at radius 1 is 1.14 bits per heavy atom. The minimum atomic E-state index is -0.386. The Morgan fingerprint density at radius 2 is 1.89 bits per heavy atom. The van der Waals surface area contributed by atoms with E-state index in [4.69, 9.17) is 32.4 Å². The van der Waals surface area contributed by atoms with E-state index in [0.717, 1.165) is 16.7 Å². The summed E-state index contributed by atoms with van der Waals surface area (Å²) in [5, 5.41) is 5.20. The third-order valence-electron chi connectivity index (χ3n) is 3.90. The SMILES string of the molecule is Cc1cc(OCC(=O)NN=Cc2ccc(-c3cccc(Cl)c3)o2)cc(C)c1Cl. The van der Waals surface area contributed by atoms with E-state index in [1.807, 2.05) is 32.0 Å². The van der Waals surface area contributed by atoms with Crippen LogP contribution in [0.15, 0.2) is 58.0 Å². The second-order valence-corrected chi connectivity index (χ2v) is 6.98. The Morgan fingerprint density at radius 3 is 2.61 bits per heavy atom. The van der Waals surface area contributed by atoms with Gasteiger partial charge < -0.3 is 9.15 Å². The van der Waals surface area contributed by atoms with E-state index in [1.54, 1.807) is 30.3 Å². The molecule has 0 radical (unpaired) electrons. The van der Waals surface area contributed by atoms with Crippen molar-refractivity contribution in [3.05, 3.63) is 75.5 Å². The molecule has 0 fully saturated rings. The van der Waals surface area contributed by atoms with Crippen LogP contribution >= 0.6 is 23.2 Å². The number of hydrogen-bond acceptors (Lipinski definition) is 4. The lowest BCUT2D eigenvalue weighted by Crippen LogP contribution is -2.24. The summed E-state index contributed by atoms with van der Waals surface area (Å²) < 4.78 is 11.2. The van der Waals surface area contributed by atoms with Crippen molar-refractivity contribution in [2.45, 2.75) is 13.8 Å². The van der Waals surface area contributed by atoms with Crippen LogP contribution in [-0.4, -0.2) is 18.7 Å². The first-order valence-electron chi connectivity index (χ1n) is 8.49. The number of nitrogens with zero attached hydrogens (tertiary/aromatic N) is 1. The molecule has 144 valence electrons. The van der Waals surface area contributed by atoms with Gasteiger partial charge in [-0.15, -0.1) is 0 Å². The van der Waals surface area contributed by atoms with E-state index in [1.165, 1.54) is 6.21 Å². The van der Waals surface area contributed by atoms with Crippen molar-refractivity contribution < 1.29 is 13.9 Å². The van der Waals surface area contributed by atoms with E-state index in [0.29, 0.717) is 27.3 Å². The monoisotopic (exact) mass is 416 g/mol. The third-order valence-corrected chi connectivity index (χ3v) is 4.73. The van der Waals surface area contributed by atoms with Gasteiger partial charge in [0.05, 0.1) is 6.21 Å². The fraction of sp³-hybridized carbons (Fsp3) is 0.143. The van der Waals surface area contributed by atoms with Crippen molar-refractivity contribution in [2.24, 2.45) is 5.10 Å². The van der Waals surface area contributed by atoms with Crippen LogP contribution < -0.4 is 10.2 Å². The molecule has 2 aromatic carbocycles. The van der Waals surface area contributed by atoms with Gasteiger partial charge in [-0.25, -0.2) is 5.43 Å². The summed E-state index contributed by atoms with van der Waals surface area (Å²) in [5.74, 6) is 1.35. The Labute approximate surface area is 172 Å². The zero-order valence-corrected chi connectivity index (χ0v) is 16.8. The molecule has 0 aliphatic rings. The molecule has 0 aliphatic carbocycles. The van der Waals surface area contributed by atoms with Crippen molar-refractivity contribution >= 4 is 35.3 Å². The molecule has 0 aliphatic heterocycles. The van der Waals surface area contributed by atoms with Gasteiger partial charge in [-0.2, -0.15) is 5.10 Å². The van der Waals surface area contributed by atoms with Gasteiger partial charge in [0.2, 0.25) is 0 Å². The standard InChI is InChI=1S/C21H18Cl2N2O3/c1-13-8-18(9-14(2)21(13)23)27-12-20(26)25-24-11-17-6-7-19(28-17)15-4-3-5-16(22)10-15/h3-11H,12H2,1-2H3,(H,25,26). The molecule has 1 amide bonds. The maximum absolute atomic E-state index is 11.9. The Balaban J connectivity index is 1.53. The first kappa shape index (κ1) is 20.0. The molecule has 0 saturated carbocycles. The van der Waals surface area contributed by atoms with Gasteiger partial charge in [-0.05, 0) is 61.4 Å². The van der Waals surface area contributed by atoms with Crippen LogP contribution in [-0.2, 0) is 4.79 Å². The number of halogens is 2. The molecule has 1 heterocycles. The van der Waals surface area contributed by atoms with E-state index in [2.05, 4.69) is 10.5 Å². The maximum atomic E-state index is 11.9. The van der Waals surface area contributed by atoms with Crippen molar-refractivity contribution in [1.29, 1.82) is 0 Å². The van der Waals surface area contributed by atoms with Crippen molar-refractivity contribution in [1.82, 2.24) is 5.43 Å². The van der Waals surface area contributed by atoms with Crippen LogP contribution in [0.4, 0.5) is 0 Å². The van der Waals surface area contributed by atoms with Crippen LogP contribution in [0.5, 0.6) is 5.75 Å². The highest BCUT2D eigenvalue weighted by molar-refractivity contribution is 6.32. The first-order valence-corrected chi connectivity index (χ1v) is 9.25. The van der Waals surface area contributed by atoms with Gasteiger partial charge in [-0.1, -0.05) is 35.3 Å². The Kier molecular flexibility index (Phi) is 6.39. The lowest BCUT2D eigenvalue weighted by atomic mass is 10.1. The number of nitrogens with one attached hydrogen (secondary N) is 1. The highest BCUT2D eigenvalue weighted by Gasteiger charge is 2.07. The summed E-state index contributed by atoms with van der Waals surface area (Å²) in [4.78, 5) is 11.9. The average molecular weight is 417 g/mol. The number of benzene rings is 2. The number of hydrogen-bond donors (Lipinski definition) is 1. The summed E-state index contributed by atoms with van der Waals surface area (Å²) >= 11 is 12.1. The number of carbonyl (C=O) groups excluding carboxylic acids is 1. The molecular formula is C21H18Cl2N2O3. The van der Waals surface area contributed by atoms with Gasteiger partial charge in [-0.3, -0.25) is 4.79 Å². The van der Waals surface area contributed by atoms with E-state index >= 15 is 0 Å². The lowest BCUT2D eigenvalue weighted by molar-refractivity contribution is -0.123. The van der Waals surface area contributed by atoms with Crippen LogP contribution in [0.25, 0.3) is 11.3 Å². The molecule has 7 heteroatoms. The largest absolute Gasteiger partial charge is 0.484 e. The maximum Gasteiger partial charge on any atom is 0.277 e.